The number of nitrogens with zero attached hydrogens (tertiary/aromatic N) is 3. The average Bonchev–Trinajstić information content (AvgIpc) is 2.94. The van der Waals surface area contributed by atoms with E-state index in [1.54, 1.807) is 38.1 Å². The largest absolute Gasteiger partial charge is 0.360 e. The molecule has 2 N–H and O–H groups in total. The number of amides is 1. The number of rotatable bonds is 4. The number of benzene rings is 1. The maximum absolute atomic E-state index is 13.7. The van der Waals surface area contributed by atoms with Crippen LogP contribution in [0.4, 0.5) is 21.8 Å². The van der Waals surface area contributed by atoms with Crippen molar-refractivity contribution in [2.24, 2.45) is 0 Å². The number of halogens is 1. The zero-order chi connectivity index (χ0) is 17.1. The second kappa shape index (κ2) is 6.45. The molecule has 0 radical (unpaired) electrons. The summed E-state index contributed by atoms with van der Waals surface area (Å²) in [5.74, 6) is 0.0853. The molecule has 1 aromatic carbocycles. The van der Waals surface area contributed by atoms with Crippen molar-refractivity contribution in [2.45, 2.75) is 13.8 Å². The lowest BCUT2D eigenvalue weighted by atomic mass is 10.3. The molecule has 0 spiro atoms. The van der Waals surface area contributed by atoms with Crippen LogP contribution in [0.5, 0.6) is 0 Å². The van der Waals surface area contributed by atoms with Gasteiger partial charge in [-0.2, -0.15) is 0 Å². The van der Waals surface area contributed by atoms with Crippen molar-refractivity contribution in [1.29, 1.82) is 0 Å². The first-order valence-electron chi connectivity index (χ1n) is 7.13. The summed E-state index contributed by atoms with van der Waals surface area (Å²) in [6, 6.07) is 9.25. The highest BCUT2D eigenvalue weighted by atomic mass is 19.1. The molecule has 7 nitrogen and oxygen atoms in total. The smallest absolute Gasteiger partial charge is 0.275 e. The molecular weight excluding hydrogens is 313 g/mol. The topological polar surface area (TPSA) is 92.9 Å². The van der Waals surface area contributed by atoms with Crippen molar-refractivity contribution >= 4 is 23.4 Å². The van der Waals surface area contributed by atoms with Crippen molar-refractivity contribution in [3.63, 3.8) is 0 Å². The third-order valence-corrected chi connectivity index (χ3v) is 3.08. The summed E-state index contributed by atoms with van der Waals surface area (Å²) in [6.45, 7) is 3.43. The normalized spacial score (nSPS) is 10.5. The van der Waals surface area contributed by atoms with Gasteiger partial charge in [-0.3, -0.25) is 4.79 Å². The standard InChI is InChI=1S/C16H14FN5O2/c1-9-7-13(15(23)21-14-8-10(2)24-22-14)20-16(18-9)19-12-6-4-3-5-11(12)17/h3-8H,1-2H3,(H,18,19,20)(H,21,22,23). The lowest BCUT2D eigenvalue weighted by Crippen LogP contribution is -2.15. The molecule has 2 aromatic heterocycles. The number of hydrogen-bond acceptors (Lipinski definition) is 6. The Labute approximate surface area is 136 Å². The molecule has 0 saturated heterocycles. The summed E-state index contributed by atoms with van der Waals surface area (Å²) in [4.78, 5) is 20.5. The summed E-state index contributed by atoms with van der Waals surface area (Å²) < 4.78 is 18.6. The molecule has 24 heavy (non-hydrogen) atoms. The Balaban J connectivity index is 1.83. The second-order valence-electron chi connectivity index (χ2n) is 5.10. The number of carbonyl (C=O) groups excluding carboxylic acids is 1. The summed E-state index contributed by atoms with van der Waals surface area (Å²) >= 11 is 0. The summed E-state index contributed by atoms with van der Waals surface area (Å²) in [5.41, 5.74) is 0.911. The van der Waals surface area contributed by atoms with Gasteiger partial charge in [0.25, 0.3) is 5.91 Å². The van der Waals surface area contributed by atoms with Crippen LogP contribution in [0.3, 0.4) is 0 Å². The Morgan fingerprint density at radius 3 is 2.67 bits per heavy atom. The van der Waals surface area contributed by atoms with E-state index in [4.69, 9.17) is 4.52 Å². The minimum atomic E-state index is -0.467. The van der Waals surface area contributed by atoms with Crippen LogP contribution in [0.15, 0.2) is 40.9 Å². The van der Waals surface area contributed by atoms with Crippen molar-refractivity contribution in [3.8, 4) is 0 Å². The predicted molar refractivity (Wildman–Crippen MR) is 85.6 cm³/mol. The molecule has 0 unspecified atom stereocenters. The molecule has 122 valence electrons. The molecule has 0 saturated carbocycles. The Morgan fingerprint density at radius 2 is 1.96 bits per heavy atom. The van der Waals surface area contributed by atoms with E-state index >= 15 is 0 Å². The third-order valence-electron chi connectivity index (χ3n) is 3.08. The lowest BCUT2D eigenvalue weighted by Gasteiger charge is -2.08. The van der Waals surface area contributed by atoms with Crippen LogP contribution in [0.2, 0.25) is 0 Å². The zero-order valence-electron chi connectivity index (χ0n) is 13.0. The van der Waals surface area contributed by atoms with Crippen LogP contribution >= 0.6 is 0 Å². The van der Waals surface area contributed by atoms with E-state index in [1.807, 2.05) is 0 Å². The molecular formula is C16H14FN5O2. The predicted octanol–water partition coefficient (Wildman–Crippen LogP) is 3.22. The molecule has 3 rings (SSSR count). The fourth-order valence-corrected chi connectivity index (χ4v) is 2.03. The first-order valence-corrected chi connectivity index (χ1v) is 7.13. The highest BCUT2D eigenvalue weighted by Crippen LogP contribution is 2.18. The van der Waals surface area contributed by atoms with Gasteiger partial charge < -0.3 is 15.2 Å². The average molecular weight is 327 g/mol. The maximum Gasteiger partial charge on any atom is 0.275 e. The summed E-state index contributed by atoms with van der Waals surface area (Å²) in [6.07, 6.45) is 0. The van der Waals surface area contributed by atoms with Gasteiger partial charge in [0.2, 0.25) is 5.95 Å². The molecule has 0 bridgehead atoms. The quantitative estimate of drug-likeness (QED) is 0.764. The number of hydrogen-bond donors (Lipinski definition) is 2. The highest BCUT2D eigenvalue weighted by Gasteiger charge is 2.13. The lowest BCUT2D eigenvalue weighted by molar-refractivity contribution is 0.102. The number of aromatic nitrogens is 3. The SMILES string of the molecule is Cc1cc(C(=O)Nc2cc(C)on2)nc(Nc2ccccc2F)n1. The van der Waals surface area contributed by atoms with Crippen LogP contribution in [-0.2, 0) is 0 Å². The Morgan fingerprint density at radius 1 is 1.17 bits per heavy atom. The first kappa shape index (κ1) is 15.6. The molecule has 2 heterocycles. The minimum absolute atomic E-state index is 0.126. The van der Waals surface area contributed by atoms with Crippen molar-refractivity contribution in [3.05, 3.63) is 59.4 Å². The Bertz CT molecular complexity index is 894. The van der Waals surface area contributed by atoms with Gasteiger partial charge >= 0.3 is 0 Å². The first-order chi connectivity index (χ1) is 11.5. The van der Waals surface area contributed by atoms with E-state index in [1.165, 1.54) is 12.1 Å². The molecule has 1 amide bonds. The number of carbonyl (C=O) groups is 1. The highest BCUT2D eigenvalue weighted by molar-refractivity contribution is 6.02. The van der Waals surface area contributed by atoms with Gasteiger partial charge in [-0.05, 0) is 32.0 Å². The number of nitrogens with one attached hydrogen (secondary N) is 2. The second-order valence-corrected chi connectivity index (χ2v) is 5.10. The molecule has 0 atom stereocenters. The van der Waals surface area contributed by atoms with E-state index in [9.17, 15) is 9.18 Å². The summed E-state index contributed by atoms with van der Waals surface area (Å²) in [5, 5.41) is 9.03. The summed E-state index contributed by atoms with van der Waals surface area (Å²) in [7, 11) is 0. The number of aryl methyl sites for hydroxylation is 2. The Kier molecular flexibility index (Phi) is 4.19. The van der Waals surface area contributed by atoms with Gasteiger partial charge in [-0.25, -0.2) is 14.4 Å². The van der Waals surface area contributed by atoms with E-state index in [2.05, 4.69) is 25.8 Å². The molecule has 8 heteroatoms. The van der Waals surface area contributed by atoms with Crippen LogP contribution in [-0.4, -0.2) is 21.0 Å². The van der Waals surface area contributed by atoms with Crippen molar-refractivity contribution in [1.82, 2.24) is 15.1 Å². The van der Waals surface area contributed by atoms with Crippen LogP contribution in [0.1, 0.15) is 21.9 Å². The number of anilines is 3. The van der Waals surface area contributed by atoms with Gasteiger partial charge in [0, 0.05) is 11.8 Å². The Hall–Kier alpha value is -3.29. The van der Waals surface area contributed by atoms with Crippen LogP contribution in [0, 0.1) is 19.7 Å². The number of para-hydroxylation sites is 1. The maximum atomic E-state index is 13.7. The zero-order valence-corrected chi connectivity index (χ0v) is 13.0. The van der Waals surface area contributed by atoms with E-state index < -0.39 is 11.7 Å². The fourth-order valence-electron chi connectivity index (χ4n) is 2.03. The molecule has 0 fully saturated rings. The van der Waals surface area contributed by atoms with Crippen molar-refractivity contribution in [2.75, 3.05) is 10.6 Å². The van der Waals surface area contributed by atoms with Gasteiger partial charge in [0.1, 0.15) is 17.3 Å². The van der Waals surface area contributed by atoms with E-state index in [-0.39, 0.29) is 23.1 Å². The third kappa shape index (κ3) is 3.54. The van der Waals surface area contributed by atoms with Gasteiger partial charge in [-0.15, -0.1) is 0 Å². The fraction of sp³-hybridized carbons (Fsp3) is 0.125. The van der Waals surface area contributed by atoms with Crippen LogP contribution < -0.4 is 10.6 Å². The molecule has 0 aliphatic rings. The van der Waals surface area contributed by atoms with Gasteiger partial charge in [0.15, 0.2) is 5.82 Å². The molecule has 3 aromatic rings. The van der Waals surface area contributed by atoms with E-state index in [0.29, 0.717) is 11.5 Å². The van der Waals surface area contributed by atoms with E-state index in [0.717, 1.165) is 0 Å². The molecule has 0 aliphatic carbocycles. The van der Waals surface area contributed by atoms with Crippen LogP contribution in [0.25, 0.3) is 0 Å². The van der Waals surface area contributed by atoms with Crippen molar-refractivity contribution < 1.29 is 13.7 Å². The molecule has 0 aliphatic heterocycles. The minimum Gasteiger partial charge on any atom is -0.360 e. The van der Waals surface area contributed by atoms with Gasteiger partial charge in [-0.1, -0.05) is 17.3 Å². The van der Waals surface area contributed by atoms with Gasteiger partial charge in [0.05, 0.1) is 5.69 Å². The monoisotopic (exact) mass is 327 g/mol.